The summed E-state index contributed by atoms with van der Waals surface area (Å²) in [6.45, 7) is 9.91. The first-order valence-electron chi connectivity index (χ1n) is 9.69. The molecule has 1 amide bonds. The molecule has 0 radical (unpaired) electrons. The van der Waals surface area contributed by atoms with E-state index in [9.17, 15) is 18.0 Å². The number of carbonyl (C=O) groups excluding carboxylic acids is 1. The Morgan fingerprint density at radius 3 is 2.44 bits per heavy atom. The van der Waals surface area contributed by atoms with Crippen LogP contribution in [0.3, 0.4) is 0 Å². The molecule has 1 aliphatic heterocycles. The van der Waals surface area contributed by atoms with Gasteiger partial charge in [0, 0.05) is 0 Å². The molecule has 1 aromatic carbocycles. The van der Waals surface area contributed by atoms with Gasteiger partial charge in [-0.3, -0.25) is 9.69 Å². The molecule has 0 aliphatic carbocycles. The van der Waals surface area contributed by atoms with Crippen LogP contribution in [0.1, 0.15) is 51.6 Å². The average molecular weight is 466 g/mol. The fourth-order valence-corrected chi connectivity index (χ4v) is 3.79. The smallest absolute Gasteiger partial charge is 0.327 e. The summed E-state index contributed by atoms with van der Waals surface area (Å²) in [5, 5.41) is 21.4. The first kappa shape index (κ1) is 23.6. The van der Waals surface area contributed by atoms with Crippen LogP contribution >= 0.6 is 12.2 Å². The van der Waals surface area contributed by atoms with Gasteiger partial charge in [0.05, 0.1) is 36.0 Å². The number of benzene rings is 1. The molecule has 2 heterocycles. The Balaban J connectivity index is 1.93. The maximum Gasteiger partial charge on any atom is 0.417 e. The summed E-state index contributed by atoms with van der Waals surface area (Å²) >= 11 is 5.46. The lowest BCUT2D eigenvalue weighted by Crippen LogP contribution is -2.43. The largest absolute Gasteiger partial charge is 0.417 e. The van der Waals surface area contributed by atoms with Crippen LogP contribution in [0.25, 0.3) is 0 Å². The molecule has 12 heteroatoms. The standard InChI is InChI=1S/C20H22F3N7OS/c1-18(2,3)11-29-26-15(25-27-29)10-28-17(32)30(16(31)19(28,4)5)13-7-6-12(9-24)14(8-13)20(21,22)23/h6-8H,10-11H2,1-5H3. The summed E-state index contributed by atoms with van der Waals surface area (Å²) in [6, 6.07) is 4.59. The maximum atomic E-state index is 13.4. The van der Waals surface area contributed by atoms with Crippen molar-refractivity contribution in [3.63, 3.8) is 0 Å². The van der Waals surface area contributed by atoms with E-state index in [4.69, 9.17) is 17.5 Å². The first-order chi connectivity index (χ1) is 14.6. The molecule has 3 rings (SSSR count). The third-order valence-electron chi connectivity index (χ3n) is 4.92. The van der Waals surface area contributed by atoms with E-state index in [1.807, 2.05) is 20.8 Å². The molecule has 0 atom stereocenters. The normalized spacial score (nSPS) is 16.6. The average Bonchev–Trinajstić information content (AvgIpc) is 3.16. The second-order valence-electron chi connectivity index (χ2n) is 9.20. The first-order valence-corrected chi connectivity index (χ1v) is 10.1. The van der Waals surface area contributed by atoms with Crippen molar-refractivity contribution in [3.05, 3.63) is 35.2 Å². The number of thiocarbonyl (C=S) groups is 1. The van der Waals surface area contributed by atoms with Crippen molar-refractivity contribution in [2.45, 2.75) is 59.4 Å². The van der Waals surface area contributed by atoms with E-state index >= 15 is 0 Å². The quantitative estimate of drug-likeness (QED) is 0.638. The zero-order chi connectivity index (χ0) is 24.1. The number of alkyl halides is 3. The summed E-state index contributed by atoms with van der Waals surface area (Å²) < 4.78 is 40.2. The number of hydrogen-bond donors (Lipinski definition) is 0. The molecule has 1 saturated heterocycles. The monoisotopic (exact) mass is 465 g/mol. The van der Waals surface area contributed by atoms with Gasteiger partial charge in [-0.1, -0.05) is 20.8 Å². The third kappa shape index (κ3) is 4.43. The lowest BCUT2D eigenvalue weighted by atomic mass is 9.97. The molecular formula is C20H22F3N7OS. The number of nitriles is 1. The van der Waals surface area contributed by atoms with Gasteiger partial charge in [0.2, 0.25) is 0 Å². The van der Waals surface area contributed by atoms with Crippen molar-refractivity contribution in [2.75, 3.05) is 4.90 Å². The Kier molecular flexibility index (Phi) is 5.76. The minimum atomic E-state index is -4.75. The van der Waals surface area contributed by atoms with Gasteiger partial charge in [0.15, 0.2) is 10.9 Å². The lowest BCUT2D eigenvalue weighted by Gasteiger charge is -2.28. The molecule has 0 bridgehead atoms. The highest BCUT2D eigenvalue weighted by Crippen LogP contribution is 2.38. The Labute approximate surface area is 188 Å². The molecular weight excluding hydrogens is 443 g/mol. The van der Waals surface area contributed by atoms with Crippen molar-refractivity contribution >= 4 is 28.9 Å². The van der Waals surface area contributed by atoms with Crippen molar-refractivity contribution in [3.8, 4) is 6.07 Å². The van der Waals surface area contributed by atoms with Crippen LogP contribution in [0, 0.1) is 16.7 Å². The Bertz CT molecular complexity index is 1110. The van der Waals surface area contributed by atoms with Crippen LogP contribution in [0.5, 0.6) is 0 Å². The lowest BCUT2D eigenvalue weighted by molar-refractivity contribution is -0.137. The van der Waals surface area contributed by atoms with Gasteiger partial charge in [-0.25, -0.2) is 0 Å². The minimum absolute atomic E-state index is 0.0185. The van der Waals surface area contributed by atoms with Gasteiger partial charge in [0.25, 0.3) is 5.91 Å². The Hall–Kier alpha value is -3.07. The van der Waals surface area contributed by atoms with Gasteiger partial charge in [-0.2, -0.15) is 23.2 Å². The number of halogens is 3. The summed E-state index contributed by atoms with van der Waals surface area (Å²) in [7, 11) is 0. The predicted molar refractivity (Wildman–Crippen MR) is 113 cm³/mol. The molecule has 0 unspecified atom stereocenters. The number of rotatable bonds is 4. The van der Waals surface area contributed by atoms with E-state index in [1.165, 1.54) is 16.9 Å². The van der Waals surface area contributed by atoms with E-state index in [0.29, 0.717) is 12.4 Å². The molecule has 170 valence electrons. The highest BCUT2D eigenvalue weighted by molar-refractivity contribution is 7.80. The summed E-state index contributed by atoms with van der Waals surface area (Å²) in [5.74, 6) is -0.169. The van der Waals surface area contributed by atoms with Crippen molar-refractivity contribution in [1.82, 2.24) is 25.1 Å². The number of amides is 1. The van der Waals surface area contributed by atoms with Crippen molar-refractivity contribution in [2.24, 2.45) is 5.41 Å². The Morgan fingerprint density at radius 1 is 1.22 bits per heavy atom. The third-order valence-corrected chi connectivity index (χ3v) is 5.32. The number of carbonyl (C=O) groups is 1. The summed E-state index contributed by atoms with van der Waals surface area (Å²) in [4.78, 5) is 17.2. The molecule has 2 aromatic rings. The highest BCUT2D eigenvalue weighted by atomic mass is 32.1. The topological polar surface area (TPSA) is 90.9 Å². The molecule has 0 spiro atoms. The van der Waals surface area contributed by atoms with Crippen LogP contribution in [-0.4, -0.2) is 41.7 Å². The molecule has 32 heavy (non-hydrogen) atoms. The maximum absolute atomic E-state index is 13.4. The summed E-state index contributed by atoms with van der Waals surface area (Å²) in [6.07, 6.45) is -4.75. The van der Waals surface area contributed by atoms with Crippen LogP contribution in [0.4, 0.5) is 18.9 Å². The minimum Gasteiger partial charge on any atom is -0.327 e. The van der Waals surface area contributed by atoms with E-state index < -0.39 is 28.7 Å². The van der Waals surface area contributed by atoms with Crippen LogP contribution < -0.4 is 4.90 Å². The number of aromatic nitrogens is 4. The second kappa shape index (κ2) is 7.81. The van der Waals surface area contributed by atoms with E-state index in [1.54, 1.807) is 18.7 Å². The zero-order valence-electron chi connectivity index (χ0n) is 18.2. The van der Waals surface area contributed by atoms with Gasteiger partial charge >= 0.3 is 6.18 Å². The molecule has 8 nitrogen and oxygen atoms in total. The van der Waals surface area contributed by atoms with E-state index in [2.05, 4.69) is 15.4 Å². The van der Waals surface area contributed by atoms with Gasteiger partial charge in [0.1, 0.15) is 5.54 Å². The fraction of sp³-hybridized carbons (Fsp3) is 0.500. The molecule has 1 aromatic heterocycles. The zero-order valence-corrected chi connectivity index (χ0v) is 19.0. The van der Waals surface area contributed by atoms with Gasteiger partial charge in [-0.05, 0) is 54.9 Å². The summed E-state index contributed by atoms with van der Waals surface area (Å²) in [5.41, 5.74) is -2.95. The molecule has 0 N–H and O–H groups in total. The van der Waals surface area contributed by atoms with Crippen molar-refractivity contribution in [1.29, 1.82) is 5.26 Å². The van der Waals surface area contributed by atoms with Gasteiger partial charge in [-0.15, -0.1) is 10.2 Å². The second-order valence-corrected chi connectivity index (χ2v) is 9.57. The van der Waals surface area contributed by atoms with E-state index in [0.717, 1.165) is 17.0 Å². The number of anilines is 1. The number of hydrogen-bond acceptors (Lipinski definition) is 6. The number of nitrogens with zero attached hydrogens (tertiary/aromatic N) is 7. The van der Waals surface area contributed by atoms with Crippen molar-refractivity contribution < 1.29 is 18.0 Å². The van der Waals surface area contributed by atoms with Crippen LogP contribution in [0.15, 0.2) is 18.2 Å². The molecule has 1 aliphatic rings. The van der Waals surface area contributed by atoms with Crippen LogP contribution in [-0.2, 0) is 24.1 Å². The SMILES string of the molecule is CC(C)(C)Cn1nnc(CN2C(=S)N(c3ccc(C#N)c(C(F)(F)F)c3)C(=O)C2(C)C)n1. The predicted octanol–water partition coefficient (Wildman–Crippen LogP) is 3.52. The van der Waals surface area contributed by atoms with Gasteiger partial charge < -0.3 is 4.90 Å². The highest BCUT2D eigenvalue weighted by Gasteiger charge is 2.50. The van der Waals surface area contributed by atoms with E-state index in [-0.39, 0.29) is 22.8 Å². The number of tetrazole rings is 1. The van der Waals surface area contributed by atoms with Crippen LogP contribution in [0.2, 0.25) is 0 Å². The fourth-order valence-electron chi connectivity index (χ4n) is 3.30. The molecule has 1 fully saturated rings. The Morgan fingerprint density at radius 2 is 1.88 bits per heavy atom. The molecule has 0 saturated carbocycles.